The number of aliphatic hydroxyl groups is 1. The van der Waals surface area contributed by atoms with E-state index in [1.807, 2.05) is 24.3 Å². The molecule has 2 N–H and O–H groups in total. The third kappa shape index (κ3) is 2.07. The Morgan fingerprint density at radius 2 is 2.21 bits per heavy atom. The monoisotopic (exact) mass is 272 g/mol. The van der Waals surface area contributed by atoms with E-state index in [1.54, 1.807) is 18.5 Å². The maximum Gasteiger partial charge on any atom is 0.223 e. The summed E-state index contributed by atoms with van der Waals surface area (Å²) in [7, 11) is 0. The highest BCUT2D eigenvalue weighted by atomic mass is 32.1. The molecule has 0 unspecified atom stereocenters. The number of carbonyl (C=O) groups excluding carboxylic acids is 1. The van der Waals surface area contributed by atoms with E-state index in [9.17, 15) is 9.90 Å². The average Bonchev–Trinajstić information content (AvgIpc) is 3.05. The van der Waals surface area contributed by atoms with Gasteiger partial charge in [-0.15, -0.1) is 11.3 Å². The molecule has 0 aliphatic rings. The molecule has 96 valence electrons. The molecule has 2 heterocycles. The Morgan fingerprint density at radius 1 is 1.42 bits per heavy atom. The molecule has 0 bridgehead atoms. The summed E-state index contributed by atoms with van der Waals surface area (Å²) in [6, 6.07) is 7.65. The van der Waals surface area contributed by atoms with Crippen molar-refractivity contribution in [3.8, 4) is 0 Å². The number of para-hydroxylation sites is 1. The third-order valence-corrected chi connectivity index (χ3v) is 3.84. The number of hydrogen-bond acceptors (Lipinski definition) is 4. The van der Waals surface area contributed by atoms with Gasteiger partial charge in [0.05, 0.1) is 17.4 Å². The van der Waals surface area contributed by atoms with Crippen LogP contribution < -0.4 is 0 Å². The minimum Gasteiger partial charge on any atom is -0.387 e. The number of benzene rings is 1. The number of nitrogens with one attached hydrogen (secondary N) is 1. The Kier molecular flexibility index (Phi) is 2.93. The second-order valence-electron chi connectivity index (χ2n) is 4.33. The first kappa shape index (κ1) is 12.1. The van der Waals surface area contributed by atoms with Crippen LogP contribution in [0, 0.1) is 0 Å². The third-order valence-electron chi connectivity index (χ3n) is 2.98. The van der Waals surface area contributed by atoms with Crippen LogP contribution in [-0.2, 0) is 0 Å². The molecular formula is C14H12N2O2S. The highest BCUT2D eigenvalue weighted by molar-refractivity contribution is 7.12. The Bertz CT molecular complexity index is 743. The molecule has 0 aliphatic heterocycles. The van der Waals surface area contributed by atoms with Gasteiger partial charge in [0, 0.05) is 22.5 Å². The molecule has 1 aromatic carbocycles. The van der Waals surface area contributed by atoms with Gasteiger partial charge in [0.25, 0.3) is 0 Å². The van der Waals surface area contributed by atoms with Crippen molar-refractivity contribution < 1.29 is 9.90 Å². The maximum absolute atomic E-state index is 12.4. The summed E-state index contributed by atoms with van der Waals surface area (Å²) in [4.78, 5) is 19.7. The van der Waals surface area contributed by atoms with Crippen molar-refractivity contribution in [2.75, 3.05) is 0 Å². The van der Waals surface area contributed by atoms with Crippen LogP contribution in [0.2, 0.25) is 0 Å². The molecule has 0 saturated carbocycles. The Morgan fingerprint density at radius 3 is 2.95 bits per heavy atom. The minimum absolute atomic E-state index is 0.116. The van der Waals surface area contributed by atoms with Gasteiger partial charge in [0.1, 0.15) is 0 Å². The van der Waals surface area contributed by atoms with Crippen molar-refractivity contribution in [3.05, 3.63) is 52.1 Å². The zero-order chi connectivity index (χ0) is 13.4. The van der Waals surface area contributed by atoms with Crippen LogP contribution in [0.1, 0.15) is 34.1 Å². The fraction of sp³-hybridized carbons (Fsp3) is 0.143. The van der Waals surface area contributed by atoms with Crippen LogP contribution in [0.4, 0.5) is 0 Å². The van der Waals surface area contributed by atoms with Gasteiger partial charge in [-0.1, -0.05) is 18.2 Å². The molecule has 5 heteroatoms. The van der Waals surface area contributed by atoms with Gasteiger partial charge in [-0.3, -0.25) is 4.79 Å². The SMILES string of the molecule is C[C@@H](O)c1csc(C(=O)c2c[nH]c3ccccc23)n1. The average molecular weight is 272 g/mol. The molecule has 0 spiro atoms. The number of carbonyl (C=O) groups is 1. The van der Waals surface area contributed by atoms with Crippen LogP contribution in [0.25, 0.3) is 10.9 Å². The first-order chi connectivity index (χ1) is 9.16. The lowest BCUT2D eigenvalue weighted by Crippen LogP contribution is -2.01. The standard InChI is InChI=1S/C14H12N2O2S/c1-8(17)12-7-19-14(16-12)13(18)10-6-15-11-5-3-2-4-9(10)11/h2-8,15,17H,1H3/t8-/m1/s1. The lowest BCUT2D eigenvalue weighted by Gasteiger charge is -1.97. The summed E-state index contributed by atoms with van der Waals surface area (Å²) in [5, 5.41) is 12.5. The van der Waals surface area contributed by atoms with E-state index in [0.29, 0.717) is 16.3 Å². The van der Waals surface area contributed by atoms with Crippen molar-refractivity contribution in [2.24, 2.45) is 0 Å². The molecule has 3 rings (SSSR count). The van der Waals surface area contributed by atoms with Gasteiger partial charge in [0.15, 0.2) is 5.01 Å². The quantitative estimate of drug-likeness (QED) is 0.720. The topological polar surface area (TPSA) is 66.0 Å². The number of H-pyrrole nitrogens is 1. The smallest absolute Gasteiger partial charge is 0.223 e. The van der Waals surface area contributed by atoms with E-state index >= 15 is 0 Å². The number of aromatic nitrogens is 2. The summed E-state index contributed by atoms with van der Waals surface area (Å²) in [6.45, 7) is 1.63. The molecule has 0 saturated heterocycles. The van der Waals surface area contributed by atoms with Crippen LogP contribution in [0.5, 0.6) is 0 Å². The van der Waals surface area contributed by atoms with Gasteiger partial charge in [-0.2, -0.15) is 0 Å². The summed E-state index contributed by atoms with van der Waals surface area (Å²) in [6.07, 6.45) is 1.05. The van der Waals surface area contributed by atoms with Crippen molar-refractivity contribution >= 4 is 28.0 Å². The minimum atomic E-state index is -0.652. The number of aromatic amines is 1. The van der Waals surface area contributed by atoms with Crippen molar-refractivity contribution in [1.29, 1.82) is 0 Å². The molecule has 3 aromatic rings. The van der Waals surface area contributed by atoms with E-state index in [4.69, 9.17) is 0 Å². The number of thiazole rings is 1. The molecular weight excluding hydrogens is 260 g/mol. The van der Waals surface area contributed by atoms with Crippen LogP contribution >= 0.6 is 11.3 Å². The fourth-order valence-electron chi connectivity index (χ4n) is 1.96. The Hall–Kier alpha value is -1.98. The predicted molar refractivity (Wildman–Crippen MR) is 74.5 cm³/mol. The van der Waals surface area contributed by atoms with E-state index < -0.39 is 6.10 Å². The summed E-state index contributed by atoms with van der Waals surface area (Å²) in [5.41, 5.74) is 2.08. The highest BCUT2D eigenvalue weighted by Crippen LogP contribution is 2.23. The summed E-state index contributed by atoms with van der Waals surface area (Å²) >= 11 is 1.26. The number of nitrogens with zero attached hydrogens (tertiary/aromatic N) is 1. The fourth-order valence-corrected chi connectivity index (χ4v) is 2.81. The van der Waals surface area contributed by atoms with Crippen LogP contribution in [0.3, 0.4) is 0 Å². The number of fused-ring (bicyclic) bond motifs is 1. The molecule has 19 heavy (non-hydrogen) atoms. The van der Waals surface area contributed by atoms with Crippen molar-refractivity contribution in [2.45, 2.75) is 13.0 Å². The molecule has 0 fully saturated rings. The molecule has 4 nitrogen and oxygen atoms in total. The molecule has 2 aromatic heterocycles. The maximum atomic E-state index is 12.4. The number of hydrogen-bond donors (Lipinski definition) is 2. The van der Waals surface area contributed by atoms with Gasteiger partial charge < -0.3 is 10.1 Å². The molecule has 0 radical (unpaired) electrons. The van der Waals surface area contributed by atoms with Crippen molar-refractivity contribution in [1.82, 2.24) is 9.97 Å². The first-order valence-electron chi connectivity index (χ1n) is 5.91. The zero-order valence-electron chi connectivity index (χ0n) is 10.3. The van der Waals surface area contributed by atoms with Crippen LogP contribution in [0.15, 0.2) is 35.8 Å². The Labute approximate surface area is 113 Å². The molecule has 1 atom stereocenters. The van der Waals surface area contributed by atoms with Gasteiger partial charge in [0.2, 0.25) is 5.78 Å². The predicted octanol–water partition coefficient (Wildman–Crippen LogP) is 2.91. The van der Waals surface area contributed by atoms with Gasteiger partial charge in [-0.05, 0) is 13.0 Å². The lowest BCUT2D eigenvalue weighted by molar-refractivity contribution is 0.103. The van der Waals surface area contributed by atoms with E-state index in [-0.39, 0.29) is 5.78 Å². The van der Waals surface area contributed by atoms with E-state index in [2.05, 4.69) is 9.97 Å². The zero-order valence-corrected chi connectivity index (χ0v) is 11.1. The van der Waals surface area contributed by atoms with Gasteiger partial charge in [-0.25, -0.2) is 4.98 Å². The largest absolute Gasteiger partial charge is 0.387 e. The van der Waals surface area contributed by atoms with E-state index in [1.165, 1.54) is 11.3 Å². The summed E-state index contributed by atoms with van der Waals surface area (Å²) in [5.74, 6) is -0.116. The van der Waals surface area contributed by atoms with E-state index in [0.717, 1.165) is 10.9 Å². The second kappa shape index (κ2) is 4.60. The van der Waals surface area contributed by atoms with Crippen molar-refractivity contribution in [3.63, 3.8) is 0 Å². The first-order valence-corrected chi connectivity index (χ1v) is 6.79. The molecule has 0 aliphatic carbocycles. The van der Waals surface area contributed by atoms with Gasteiger partial charge >= 0.3 is 0 Å². The number of rotatable bonds is 3. The normalized spacial score (nSPS) is 12.7. The summed E-state index contributed by atoms with van der Waals surface area (Å²) < 4.78 is 0. The molecule has 0 amide bonds. The highest BCUT2D eigenvalue weighted by Gasteiger charge is 2.18. The number of aliphatic hydroxyl groups excluding tert-OH is 1. The van der Waals surface area contributed by atoms with Crippen LogP contribution in [-0.4, -0.2) is 20.9 Å². The Balaban J connectivity index is 2.03. The number of ketones is 1. The lowest BCUT2D eigenvalue weighted by atomic mass is 10.1. The second-order valence-corrected chi connectivity index (χ2v) is 5.19.